The molecule has 1 aliphatic heterocycles. The number of nitro benzene ring substituents is 1. The summed E-state index contributed by atoms with van der Waals surface area (Å²) in [6, 6.07) is 6.55. The van der Waals surface area contributed by atoms with Gasteiger partial charge in [-0.3, -0.25) is 15.0 Å². The molecule has 1 fully saturated rings. The first-order valence-corrected chi connectivity index (χ1v) is 11.4. The van der Waals surface area contributed by atoms with Gasteiger partial charge in [0, 0.05) is 43.9 Å². The van der Waals surface area contributed by atoms with Crippen molar-refractivity contribution in [2.24, 2.45) is 4.99 Å². The topological polar surface area (TPSA) is 92.0 Å². The summed E-state index contributed by atoms with van der Waals surface area (Å²) in [5, 5.41) is 17.7. The molecule has 0 aromatic heterocycles. The van der Waals surface area contributed by atoms with Crippen molar-refractivity contribution in [2.75, 3.05) is 51.4 Å². The minimum absolute atomic E-state index is 0.0150. The third kappa shape index (κ3) is 8.20. The molecule has 29 heavy (non-hydrogen) atoms. The molecule has 2 rings (SSSR count). The van der Waals surface area contributed by atoms with E-state index in [-0.39, 0.29) is 16.1 Å². The zero-order valence-electron chi connectivity index (χ0n) is 17.6. The second-order valence-electron chi connectivity index (χ2n) is 7.63. The number of nitrogens with one attached hydrogen (secondary N) is 2. The fourth-order valence-electron chi connectivity index (χ4n) is 3.07. The Bertz CT molecular complexity index is 661. The Morgan fingerprint density at radius 2 is 1.97 bits per heavy atom. The number of hydrogen-bond donors (Lipinski definition) is 2. The Balaban J connectivity index is 1.96. The minimum atomic E-state index is -0.388. The number of non-ortho nitro benzene ring substituents is 1. The summed E-state index contributed by atoms with van der Waals surface area (Å²) in [7, 11) is 0. The maximum absolute atomic E-state index is 10.8. The van der Waals surface area contributed by atoms with E-state index in [1.54, 1.807) is 12.1 Å². The highest BCUT2D eigenvalue weighted by atomic mass is 32.2. The summed E-state index contributed by atoms with van der Waals surface area (Å²) in [5.74, 6) is 1.87. The molecular weight excluding hydrogens is 390 g/mol. The van der Waals surface area contributed by atoms with Gasteiger partial charge in [-0.05, 0) is 37.8 Å². The van der Waals surface area contributed by atoms with Crippen molar-refractivity contribution in [3.05, 3.63) is 39.9 Å². The lowest BCUT2D eigenvalue weighted by atomic mass is 10.0. The summed E-state index contributed by atoms with van der Waals surface area (Å²) in [6.07, 6.45) is 3.17. The Morgan fingerprint density at radius 1 is 1.28 bits per heavy atom. The maximum Gasteiger partial charge on any atom is 0.269 e. The number of nitro groups is 1. The second-order valence-corrected chi connectivity index (χ2v) is 8.61. The smallest absolute Gasteiger partial charge is 0.269 e. The molecule has 0 saturated carbocycles. The van der Waals surface area contributed by atoms with Crippen LogP contribution in [0.1, 0.15) is 25.8 Å². The van der Waals surface area contributed by atoms with Gasteiger partial charge in [0.25, 0.3) is 5.69 Å². The SMILES string of the molecule is CSCCCNC(=NCc1ccc([N+](=O)[O-])cc1)NCC(C)(C)N1CCOCC1. The van der Waals surface area contributed by atoms with E-state index in [0.29, 0.717) is 6.54 Å². The molecule has 1 aliphatic rings. The molecule has 0 atom stereocenters. The highest BCUT2D eigenvalue weighted by Gasteiger charge is 2.28. The third-order valence-corrected chi connectivity index (χ3v) is 5.64. The average molecular weight is 424 g/mol. The third-order valence-electron chi connectivity index (χ3n) is 4.94. The van der Waals surface area contributed by atoms with Crippen molar-refractivity contribution >= 4 is 23.4 Å². The zero-order chi connectivity index (χ0) is 21.1. The van der Waals surface area contributed by atoms with Gasteiger partial charge in [0.2, 0.25) is 0 Å². The Kier molecular flexibility index (Phi) is 9.69. The number of hydrogen-bond acceptors (Lipinski definition) is 6. The molecule has 1 aromatic rings. The number of aliphatic imine (C=N–C) groups is 1. The minimum Gasteiger partial charge on any atom is -0.379 e. The lowest BCUT2D eigenvalue weighted by Crippen LogP contribution is -2.56. The average Bonchev–Trinajstić information content (AvgIpc) is 2.73. The first kappa shape index (κ1) is 23.4. The van der Waals surface area contributed by atoms with Gasteiger partial charge in [-0.25, -0.2) is 4.99 Å². The maximum atomic E-state index is 10.8. The Labute approximate surface area is 177 Å². The van der Waals surface area contributed by atoms with Crippen LogP contribution in [0.2, 0.25) is 0 Å². The van der Waals surface area contributed by atoms with E-state index >= 15 is 0 Å². The molecule has 0 radical (unpaired) electrons. The lowest BCUT2D eigenvalue weighted by molar-refractivity contribution is -0.384. The van der Waals surface area contributed by atoms with Crippen LogP contribution in [0.4, 0.5) is 5.69 Å². The number of nitrogens with zero attached hydrogens (tertiary/aromatic N) is 3. The normalized spacial score (nSPS) is 15.9. The molecule has 1 saturated heterocycles. The fourth-order valence-corrected chi connectivity index (χ4v) is 3.50. The van der Waals surface area contributed by atoms with Crippen LogP contribution in [0.15, 0.2) is 29.3 Å². The number of guanidine groups is 1. The molecule has 8 nitrogen and oxygen atoms in total. The van der Waals surface area contributed by atoms with Crippen molar-refractivity contribution in [1.82, 2.24) is 15.5 Å². The fraction of sp³-hybridized carbons (Fsp3) is 0.650. The van der Waals surface area contributed by atoms with Crippen LogP contribution in [0.25, 0.3) is 0 Å². The van der Waals surface area contributed by atoms with E-state index in [1.165, 1.54) is 12.1 Å². The Morgan fingerprint density at radius 3 is 2.59 bits per heavy atom. The van der Waals surface area contributed by atoms with Crippen LogP contribution in [-0.2, 0) is 11.3 Å². The van der Waals surface area contributed by atoms with Gasteiger partial charge in [-0.15, -0.1) is 0 Å². The van der Waals surface area contributed by atoms with E-state index in [0.717, 1.165) is 63.1 Å². The Hall–Kier alpha value is -1.84. The highest BCUT2D eigenvalue weighted by molar-refractivity contribution is 7.98. The van der Waals surface area contributed by atoms with Crippen LogP contribution in [0, 0.1) is 10.1 Å². The molecule has 0 bridgehead atoms. The first-order valence-electron chi connectivity index (χ1n) is 9.99. The predicted molar refractivity (Wildman–Crippen MR) is 120 cm³/mol. The number of thioether (sulfide) groups is 1. The number of morpholine rings is 1. The van der Waals surface area contributed by atoms with Crippen LogP contribution in [0.3, 0.4) is 0 Å². The van der Waals surface area contributed by atoms with E-state index in [9.17, 15) is 10.1 Å². The quantitative estimate of drug-likeness (QED) is 0.196. The predicted octanol–water partition coefficient (Wildman–Crippen LogP) is 2.49. The van der Waals surface area contributed by atoms with Crippen molar-refractivity contribution in [1.29, 1.82) is 0 Å². The van der Waals surface area contributed by atoms with Gasteiger partial charge >= 0.3 is 0 Å². The van der Waals surface area contributed by atoms with Crippen LogP contribution >= 0.6 is 11.8 Å². The first-order chi connectivity index (χ1) is 13.9. The van der Waals surface area contributed by atoms with Crippen LogP contribution in [-0.4, -0.2) is 72.7 Å². The van der Waals surface area contributed by atoms with Gasteiger partial charge in [-0.2, -0.15) is 11.8 Å². The van der Waals surface area contributed by atoms with E-state index < -0.39 is 0 Å². The molecule has 0 amide bonds. The summed E-state index contributed by atoms with van der Waals surface area (Å²) in [4.78, 5) is 17.5. The van der Waals surface area contributed by atoms with E-state index in [1.807, 2.05) is 11.8 Å². The molecule has 9 heteroatoms. The molecule has 1 heterocycles. The van der Waals surface area contributed by atoms with E-state index in [2.05, 4.69) is 40.6 Å². The van der Waals surface area contributed by atoms with Gasteiger partial charge in [0.05, 0.1) is 24.7 Å². The van der Waals surface area contributed by atoms with Crippen molar-refractivity contribution < 1.29 is 9.66 Å². The second kappa shape index (κ2) is 12.0. The summed E-state index contributed by atoms with van der Waals surface area (Å²) < 4.78 is 5.47. The van der Waals surface area contributed by atoms with Crippen molar-refractivity contribution in [3.8, 4) is 0 Å². The summed E-state index contributed by atoms with van der Waals surface area (Å²) in [6.45, 7) is 9.96. The lowest BCUT2D eigenvalue weighted by Gasteiger charge is -2.41. The molecule has 0 aliphatic carbocycles. The van der Waals surface area contributed by atoms with Crippen molar-refractivity contribution in [2.45, 2.75) is 32.4 Å². The van der Waals surface area contributed by atoms with Crippen molar-refractivity contribution in [3.63, 3.8) is 0 Å². The van der Waals surface area contributed by atoms with Crippen LogP contribution in [0.5, 0.6) is 0 Å². The standard InChI is InChI=1S/C20H33N5O3S/c1-20(2,24-10-12-28-13-11-24)16-23-19(21-9-4-14-29-3)22-15-17-5-7-18(8-6-17)25(26)27/h5-8H,4,9-16H2,1-3H3,(H2,21,22,23). The van der Waals surface area contributed by atoms with E-state index in [4.69, 9.17) is 4.74 Å². The molecule has 162 valence electrons. The number of ether oxygens (including phenoxy) is 1. The largest absolute Gasteiger partial charge is 0.379 e. The zero-order valence-corrected chi connectivity index (χ0v) is 18.5. The highest BCUT2D eigenvalue weighted by Crippen LogP contribution is 2.15. The molecule has 0 spiro atoms. The molecule has 1 aromatic carbocycles. The molecular formula is C20H33N5O3S. The van der Waals surface area contributed by atoms with Gasteiger partial charge in [0.1, 0.15) is 0 Å². The molecule has 0 unspecified atom stereocenters. The monoisotopic (exact) mass is 423 g/mol. The number of benzene rings is 1. The number of rotatable bonds is 10. The van der Waals surface area contributed by atoms with Gasteiger partial charge < -0.3 is 15.4 Å². The van der Waals surface area contributed by atoms with Gasteiger partial charge in [0.15, 0.2) is 5.96 Å². The molecule has 2 N–H and O–H groups in total. The van der Waals surface area contributed by atoms with Gasteiger partial charge in [-0.1, -0.05) is 12.1 Å². The summed E-state index contributed by atoms with van der Waals surface area (Å²) in [5.41, 5.74) is 1.02. The van der Waals surface area contributed by atoms with Crippen LogP contribution < -0.4 is 10.6 Å². The summed E-state index contributed by atoms with van der Waals surface area (Å²) >= 11 is 1.83.